The molecule has 0 N–H and O–H groups in total. The highest BCUT2D eigenvalue weighted by Gasteiger charge is 2.23. The van der Waals surface area contributed by atoms with Crippen LogP contribution >= 0.6 is 0 Å². The molecule has 3 rings (SSSR count). The molecule has 1 fully saturated rings. The van der Waals surface area contributed by atoms with Gasteiger partial charge in [0.2, 0.25) is 0 Å². The lowest BCUT2D eigenvalue weighted by Crippen LogP contribution is -2.49. The second kappa shape index (κ2) is 7.60. The van der Waals surface area contributed by atoms with Crippen molar-refractivity contribution in [2.45, 2.75) is 20.8 Å². The summed E-state index contributed by atoms with van der Waals surface area (Å²) in [6, 6.07) is 15.3. The second-order valence-corrected chi connectivity index (χ2v) is 6.54. The van der Waals surface area contributed by atoms with Crippen LogP contribution in [0.4, 0.5) is 10.5 Å². The number of aryl methyl sites for hydroxylation is 2. The zero-order valence-electron chi connectivity index (χ0n) is 15.3. The average molecular weight is 338 g/mol. The Labute approximate surface area is 150 Å². The number of amides is 1. The Kier molecular flexibility index (Phi) is 5.27. The predicted molar refractivity (Wildman–Crippen MR) is 102 cm³/mol. The summed E-state index contributed by atoms with van der Waals surface area (Å²) in [4.78, 5) is 16.0. The number of piperazine rings is 1. The quantitative estimate of drug-likeness (QED) is 0.839. The van der Waals surface area contributed by atoms with Gasteiger partial charge in [-0.2, -0.15) is 0 Å². The molecule has 1 amide bonds. The molecular weight excluding hydrogens is 312 g/mol. The van der Waals surface area contributed by atoms with Gasteiger partial charge in [0, 0.05) is 31.9 Å². The van der Waals surface area contributed by atoms with Crippen molar-refractivity contribution in [3.8, 4) is 11.1 Å². The molecule has 1 aliphatic rings. The van der Waals surface area contributed by atoms with Crippen molar-refractivity contribution >= 4 is 11.8 Å². The lowest BCUT2D eigenvalue weighted by atomic mass is 10.0. The van der Waals surface area contributed by atoms with E-state index >= 15 is 0 Å². The summed E-state index contributed by atoms with van der Waals surface area (Å²) >= 11 is 0. The zero-order chi connectivity index (χ0) is 17.8. The number of hydrogen-bond acceptors (Lipinski definition) is 3. The molecule has 1 heterocycles. The molecule has 0 aromatic heterocycles. The third-order valence-corrected chi connectivity index (χ3v) is 4.74. The van der Waals surface area contributed by atoms with E-state index in [0.29, 0.717) is 19.7 Å². The number of carbonyl (C=O) groups excluding carboxylic acids is 1. The van der Waals surface area contributed by atoms with E-state index in [-0.39, 0.29) is 6.09 Å². The highest BCUT2D eigenvalue weighted by Crippen LogP contribution is 2.29. The van der Waals surface area contributed by atoms with Crippen molar-refractivity contribution in [1.29, 1.82) is 0 Å². The van der Waals surface area contributed by atoms with Crippen molar-refractivity contribution < 1.29 is 9.53 Å². The summed E-state index contributed by atoms with van der Waals surface area (Å²) in [6.07, 6.45) is -0.202. The van der Waals surface area contributed by atoms with Crippen molar-refractivity contribution in [3.63, 3.8) is 0 Å². The minimum absolute atomic E-state index is 0.202. The number of ether oxygens (including phenoxy) is 1. The van der Waals surface area contributed by atoms with E-state index in [1.165, 1.54) is 27.9 Å². The van der Waals surface area contributed by atoms with E-state index in [9.17, 15) is 4.79 Å². The van der Waals surface area contributed by atoms with Crippen LogP contribution in [0.2, 0.25) is 0 Å². The van der Waals surface area contributed by atoms with Gasteiger partial charge in [0.25, 0.3) is 0 Å². The minimum atomic E-state index is -0.202. The zero-order valence-corrected chi connectivity index (χ0v) is 15.3. The summed E-state index contributed by atoms with van der Waals surface area (Å²) in [5, 5.41) is 0. The van der Waals surface area contributed by atoms with Crippen LogP contribution in [-0.4, -0.2) is 43.8 Å². The van der Waals surface area contributed by atoms with Crippen molar-refractivity contribution in [2.24, 2.45) is 0 Å². The Morgan fingerprint density at radius 2 is 1.60 bits per heavy atom. The van der Waals surface area contributed by atoms with Crippen LogP contribution in [0.3, 0.4) is 0 Å². The molecule has 0 spiro atoms. The smallest absolute Gasteiger partial charge is 0.409 e. The molecule has 0 bridgehead atoms. The molecule has 4 heteroatoms. The maximum absolute atomic E-state index is 11.9. The van der Waals surface area contributed by atoms with Gasteiger partial charge in [0.15, 0.2) is 0 Å². The highest BCUT2D eigenvalue weighted by atomic mass is 16.6. The molecule has 132 valence electrons. The molecule has 2 aromatic carbocycles. The Morgan fingerprint density at radius 1 is 0.960 bits per heavy atom. The van der Waals surface area contributed by atoms with E-state index in [4.69, 9.17) is 4.74 Å². The largest absolute Gasteiger partial charge is 0.450 e. The molecule has 0 saturated carbocycles. The van der Waals surface area contributed by atoms with Crippen LogP contribution < -0.4 is 4.90 Å². The van der Waals surface area contributed by atoms with Crippen LogP contribution in [-0.2, 0) is 4.74 Å². The molecule has 0 unspecified atom stereocenters. The number of carbonyl (C=O) groups is 1. The number of rotatable bonds is 3. The normalized spacial score (nSPS) is 14.5. The fourth-order valence-corrected chi connectivity index (χ4v) is 3.22. The minimum Gasteiger partial charge on any atom is -0.450 e. The Balaban J connectivity index is 1.76. The van der Waals surface area contributed by atoms with Gasteiger partial charge in [0.05, 0.1) is 6.61 Å². The molecule has 0 aliphatic carbocycles. The van der Waals surface area contributed by atoms with Crippen molar-refractivity contribution in [1.82, 2.24) is 4.90 Å². The third kappa shape index (κ3) is 3.95. The van der Waals surface area contributed by atoms with E-state index in [1.807, 2.05) is 6.92 Å². The predicted octanol–water partition coefficient (Wildman–Crippen LogP) is 4.25. The van der Waals surface area contributed by atoms with Gasteiger partial charge in [-0.1, -0.05) is 42.0 Å². The SMILES string of the molecule is CCOC(=O)N1CCN(c2cc(-c3ccc(C)cc3)ccc2C)CC1. The fourth-order valence-electron chi connectivity index (χ4n) is 3.22. The number of benzene rings is 2. The maximum Gasteiger partial charge on any atom is 0.409 e. The molecule has 0 atom stereocenters. The van der Waals surface area contributed by atoms with E-state index in [1.54, 1.807) is 4.90 Å². The summed E-state index contributed by atoms with van der Waals surface area (Å²) in [6.45, 7) is 9.58. The van der Waals surface area contributed by atoms with Crippen molar-refractivity contribution in [3.05, 3.63) is 53.6 Å². The molecule has 4 nitrogen and oxygen atoms in total. The average Bonchev–Trinajstić information content (AvgIpc) is 2.63. The maximum atomic E-state index is 11.9. The summed E-state index contributed by atoms with van der Waals surface area (Å²) < 4.78 is 5.10. The van der Waals surface area contributed by atoms with E-state index in [0.717, 1.165) is 13.1 Å². The van der Waals surface area contributed by atoms with Gasteiger partial charge >= 0.3 is 6.09 Å². The first-order valence-corrected chi connectivity index (χ1v) is 8.93. The lowest BCUT2D eigenvalue weighted by Gasteiger charge is -2.36. The summed E-state index contributed by atoms with van der Waals surface area (Å²) in [7, 11) is 0. The third-order valence-electron chi connectivity index (χ3n) is 4.74. The van der Waals surface area contributed by atoms with Gasteiger partial charge in [-0.3, -0.25) is 0 Å². The van der Waals surface area contributed by atoms with Crippen LogP contribution in [0.5, 0.6) is 0 Å². The lowest BCUT2D eigenvalue weighted by molar-refractivity contribution is 0.105. The molecule has 1 saturated heterocycles. The highest BCUT2D eigenvalue weighted by molar-refractivity contribution is 5.72. The summed E-state index contributed by atoms with van der Waals surface area (Å²) in [5.41, 5.74) is 6.25. The van der Waals surface area contributed by atoms with Gasteiger partial charge in [0.1, 0.15) is 0 Å². The van der Waals surface area contributed by atoms with Crippen LogP contribution in [0.15, 0.2) is 42.5 Å². The molecular formula is C21H26N2O2. The number of hydrogen-bond donors (Lipinski definition) is 0. The monoisotopic (exact) mass is 338 g/mol. The number of nitrogens with zero attached hydrogens (tertiary/aromatic N) is 2. The molecule has 1 aliphatic heterocycles. The van der Waals surface area contributed by atoms with Crippen LogP contribution in [0, 0.1) is 13.8 Å². The Hall–Kier alpha value is -2.49. The Bertz CT molecular complexity index is 732. The van der Waals surface area contributed by atoms with Gasteiger partial charge < -0.3 is 14.5 Å². The van der Waals surface area contributed by atoms with Gasteiger partial charge in [-0.05, 0) is 43.5 Å². The van der Waals surface area contributed by atoms with E-state index in [2.05, 4.69) is 61.2 Å². The molecule has 25 heavy (non-hydrogen) atoms. The van der Waals surface area contributed by atoms with Gasteiger partial charge in [-0.15, -0.1) is 0 Å². The van der Waals surface area contributed by atoms with Crippen molar-refractivity contribution in [2.75, 3.05) is 37.7 Å². The van der Waals surface area contributed by atoms with Gasteiger partial charge in [-0.25, -0.2) is 4.79 Å². The molecule has 2 aromatic rings. The van der Waals surface area contributed by atoms with Crippen LogP contribution in [0.1, 0.15) is 18.1 Å². The Morgan fingerprint density at radius 3 is 2.24 bits per heavy atom. The first-order valence-electron chi connectivity index (χ1n) is 8.93. The standard InChI is InChI=1S/C21H26N2O2/c1-4-25-21(24)23-13-11-22(12-14-23)20-15-19(10-7-17(20)3)18-8-5-16(2)6-9-18/h5-10,15H,4,11-14H2,1-3H3. The van der Waals surface area contributed by atoms with E-state index < -0.39 is 0 Å². The first kappa shape index (κ1) is 17.3. The summed E-state index contributed by atoms with van der Waals surface area (Å²) in [5.74, 6) is 0. The topological polar surface area (TPSA) is 32.8 Å². The number of anilines is 1. The fraction of sp³-hybridized carbons (Fsp3) is 0.381. The van der Waals surface area contributed by atoms with Crippen LogP contribution in [0.25, 0.3) is 11.1 Å². The second-order valence-electron chi connectivity index (χ2n) is 6.54. The molecule has 0 radical (unpaired) electrons. The first-order chi connectivity index (χ1) is 12.1.